The monoisotopic (exact) mass is 243 g/mol. The maximum atomic E-state index is 12.4. The summed E-state index contributed by atoms with van der Waals surface area (Å²) in [6, 6.07) is 4.51. The second-order valence-corrected chi connectivity index (χ2v) is 3.79. The van der Waals surface area contributed by atoms with Crippen molar-refractivity contribution in [1.82, 2.24) is 0 Å². The van der Waals surface area contributed by atoms with Gasteiger partial charge in [-0.3, -0.25) is 4.79 Å². The van der Waals surface area contributed by atoms with Crippen molar-refractivity contribution < 1.29 is 18.0 Å². The molecule has 0 fully saturated rings. The standard InChI is InChI=1S/C12H12F3NO/c1-8(2)6-11(17)16-10-5-3-4-9(7-10)12(13,14)15/h3-7H,1-2H3,(H,16,17). The van der Waals surface area contributed by atoms with Gasteiger partial charge < -0.3 is 5.32 Å². The van der Waals surface area contributed by atoms with E-state index in [2.05, 4.69) is 5.32 Å². The molecule has 0 aromatic heterocycles. The molecule has 1 rings (SSSR count). The Balaban J connectivity index is 2.87. The number of halogens is 3. The summed E-state index contributed by atoms with van der Waals surface area (Å²) in [5.74, 6) is -0.440. The molecule has 17 heavy (non-hydrogen) atoms. The molecular formula is C12H12F3NO. The van der Waals surface area contributed by atoms with Gasteiger partial charge in [-0.05, 0) is 32.0 Å². The molecule has 0 aliphatic heterocycles. The van der Waals surface area contributed by atoms with Gasteiger partial charge in [0.05, 0.1) is 5.56 Å². The molecule has 92 valence electrons. The smallest absolute Gasteiger partial charge is 0.322 e. The van der Waals surface area contributed by atoms with Crippen molar-refractivity contribution >= 4 is 11.6 Å². The molecule has 1 aromatic rings. The van der Waals surface area contributed by atoms with Gasteiger partial charge in [0.15, 0.2) is 0 Å². The van der Waals surface area contributed by atoms with Crippen molar-refractivity contribution in [3.63, 3.8) is 0 Å². The SMILES string of the molecule is CC(C)=CC(=O)Nc1cccc(C(F)(F)F)c1. The lowest BCUT2D eigenvalue weighted by Crippen LogP contribution is -2.10. The molecule has 0 atom stereocenters. The van der Waals surface area contributed by atoms with Crippen LogP contribution >= 0.6 is 0 Å². The zero-order valence-electron chi connectivity index (χ0n) is 9.43. The Labute approximate surface area is 97.1 Å². The molecule has 0 bridgehead atoms. The molecule has 2 nitrogen and oxygen atoms in total. The fourth-order valence-corrected chi connectivity index (χ4v) is 1.21. The first-order valence-corrected chi connectivity index (χ1v) is 4.92. The summed E-state index contributed by atoms with van der Waals surface area (Å²) in [5.41, 5.74) is 0.115. The van der Waals surface area contributed by atoms with Gasteiger partial charge >= 0.3 is 6.18 Å². The Morgan fingerprint density at radius 1 is 1.29 bits per heavy atom. The Kier molecular flexibility index (Phi) is 3.93. The van der Waals surface area contributed by atoms with Crippen molar-refractivity contribution in [2.24, 2.45) is 0 Å². The predicted octanol–water partition coefficient (Wildman–Crippen LogP) is 3.61. The highest BCUT2D eigenvalue weighted by Crippen LogP contribution is 2.30. The van der Waals surface area contributed by atoms with Crippen LogP contribution < -0.4 is 5.32 Å². The van der Waals surface area contributed by atoms with E-state index in [0.29, 0.717) is 0 Å². The van der Waals surface area contributed by atoms with Gasteiger partial charge in [0.25, 0.3) is 0 Å². The van der Waals surface area contributed by atoms with E-state index in [9.17, 15) is 18.0 Å². The van der Waals surface area contributed by atoms with E-state index < -0.39 is 17.6 Å². The van der Waals surface area contributed by atoms with Crippen LogP contribution in [-0.2, 0) is 11.0 Å². The summed E-state index contributed by atoms with van der Waals surface area (Å²) in [5, 5.41) is 2.37. The quantitative estimate of drug-likeness (QED) is 0.790. The van der Waals surface area contributed by atoms with E-state index in [0.717, 1.165) is 17.7 Å². The van der Waals surface area contributed by atoms with Gasteiger partial charge in [-0.25, -0.2) is 0 Å². The van der Waals surface area contributed by atoms with Crippen LogP contribution in [0.15, 0.2) is 35.9 Å². The van der Waals surface area contributed by atoms with Crippen LogP contribution in [0.1, 0.15) is 19.4 Å². The number of amides is 1. The normalized spacial score (nSPS) is 10.9. The summed E-state index contributed by atoms with van der Waals surface area (Å²) < 4.78 is 37.2. The highest BCUT2D eigenvalue weighted by Gasteiger charge is 2.30. The van der Waals surface area contributed by atoms with Crippen molar-refractivity contribution in [2.75, 3.05) is 5.32 Å². The minimum atomic E-state index is -4.41. The summed E-state index contributed by atoms with van der Waals surface area (Å²) in [6.45, 7) is 3.46. The number of hydrogen-bond acceptors (Lipinski definition) is 1. The Bertz CT molecular complexity index is 445. The van der Waals surface area contributed by atoms with Gasteiger partial charge in [0, 0.05) is 11.8 Å². The summed E-state index contributed by atoms with van der Waals surface area (Å²) >= 11 is 0. The molecule has 0 radical (unpaired) electrons. The maximum absolute atomic E-state index is 12.4. The third kappa shape index (κ3) is 4.30. The number of carbonyl (C=O) groups is 1. The summed E-state index contributed by atoms with van der Waals surface area (Å²) in [6.07, 6.45) is -3.09. The molecule has 1 aromatic carbocycles. The minimum Gasteiger partial charge on any atom is -0.322 e. The molecule has 5 heteroatoms. The van der Waals surface area contributed by atoms with Crippen molar-refractivity contribution in [3.05, 3.63) is 41.5 Å². The number of carbonyl (C=O) groups excluding carboxylic acids is 1. The molecule has 1 N–H and O–H groups in total. The summed E-state index contributed by atoms with van der Waals surface area (Å²) in [7, 11) is 0. The zero-order chi connectivity index (χ0) is 13.1. The lowest BCUT2D eigenvalue weighted by molar-refractivity contribution is -0.137. The molecular weight excluding hydrogens is 231 g/mol. The van der Waals surface area contributed by atoms with Crippen molar-refractivity contribution in [3.8, 4) is 0 Å². The van der Waals surface area contributed by atoms with Crippen LogP contribution in [0.4, 0.5) is 18.9 Å². The second kappa shape index (κ2) is 5.03. The number of allylic oxidation sites excluding steroid dienone is 1. The molecule has 0 heterocycles. The molecule has 0 aliphatic carbocycles. The van der Waals surface area contributed by atoms with Gasteiger partial charge in [0.2, 0.25) is 5.91 Å². The van der Waals surface area contributed by atoms with E-state index in [1.54, 1.807) is 13.8 Å². The molecule has 0 unspecified atom stereocenters. The van der Waals surface area contributed by atoms with Crippen LogP contribution in [0.5, 0.6) is 0 Å². The first kappa shape index (κ1) is 13.3. The minimum absolute atomic E-state index is 0.127. The van der Waals surface area contributed by atoms with E-state index in [1.165, 1.54) is 18.2 Å². The van der Waals surface area contributed by atoms with Crippen LogP contribution in [0.25, 0.3) is 0 Å². The van der Waals surface area contributed by atoms with Crippen molar-refractivity contribution in [1.29, 1.82) is 0 Å². The van der Waals surface area contributed by atoms with Crippen molar-refractivity contribution in [2.45, 2.75) is 20.0 Å². The van der Waals surface area contributed by atoms with E-state index in [-0.39, 0.29) is 5.69 Å². The summed E-state index contributed by atoms with van der Waals surface area (Å²) in [4.78, 5) is 11.3. The highest BCUT2D eigenvalue weighted by molar-refractivity contribution is 5.99. The number of anilines is 1. The fraction of sp³-hybridized carbons (Fsp3) is 0.250. The molecule has 0 spiro atoms. The Hall–Kier alpha value is -1.78. The predicted molar refractivity (Wildman–Crippen MR) is 59.5 cm³/mol. The first-order valence-electron chi connectivity index (χ1n) is 4.92. The zero-order valence-corrected chi connectivity index (χ0v) is 9.43. The maximum Gasteiger partial charge on any atom is 0.416 e. The van der Waals surface area contributed by atoms with Gasteiger partial charge in [-0.2, -0.15) is 13.2 Å². The van der Waals surface area contributed by atoms with E-state index in [1.807, 2.05) is 0 Å². The Morgan fingerprint density at radius 2 is 1.94 bits per heavy atom. The van der Waals surface area contributed by atoms with Crippen LogP contribution in [-0.4, -0.2) is 5.91 Å². The lowest BCUT2D eigenvalue weighted by Gasteiger charge is -2.08. The van der Waals surface area contributed by atoms with E-state index >= 15 is 0 Å². The largest absolute Gasteiger partial charge is 0.416 e. The van der Waals surface area contributed by atoms with Gasteiger partial charge in [-0.15, -0.1) is 0 Å². The average Bonchev–Trinajstić information content (AvgIpc) is 2.15. The second-order valence-electron chi connectivity index (χ2n) is 3.79. The number of benzene rings is 1. The lowest BCUT2D eigenvalue weighted by atomic mass is 10.2. The van der Waals surface area contributed by atoms with E-state index in [4.69, 9.17) is 0 Å². The first-order chi connectivity index (χ1) is 7.79. The molecule has 0 saturated carbocycles. The number of hydrogen-bond donors (Lipinski definition) is 1. The highest BCUT2D eigenvalue weighted by atomic mass is 19.4. The third-order valence-electron chi connectivity index (χ3n) is 1.88. The number of rotatable bonds is 2. The number of alkyl halides is 3. The topological polar surface area (TPSA) is 29.1 Å². The van der Waals surface area contributed by atoms with Gasteiger partial charge in [0.1, 0.15) is 0 Å². The average molecular weight is 243 g/mol. The number of nitrogens with one attached hydrogen (secondary N) is 1. The Morgan fingerprint density at radius 3 is 2.47 bits per heavy atom. The van der Waals surface area contributed by atoms with Gasteiger partial charge in [-0.1, -0.05) is 11.6 Å². The molecule has 0 aliphatic rings. The third-order valence-corrected chi connectivity index (χ3v) is 1.88. The fourth-order valence-electron chi connectivity index (χ4n) is 1.21. The molecule has 0 saturated heterocycles. The van der Waals surface area contributed by atoms with Crippen LogP contribution in [0.3, 0.4) is 0 Å². The molecule has 1 amide bonds. The van der Waals surface area contributed by atoms with Crippen LogP contribution in [0, 0.1) is 0 Å². The van der Waals surface area contributed by atoms with Crippen LogP contribution in [0.2, 0.25) is 0 Å².